The number of hydrogen-bond donors (Lipinski definition) is 1. The Bertz CT molecular complexity index is 984. The van der Waals surface area contributed by atoms with Crippen LogP contribution < -0.4 is 4.72 Å². The van der Waals surface area contributed by atoms with Crippen LogP contribution in [0.4, 0.5) is 0 Å². The minimum atomic E-state index is -3.38. The predicted octanol–water partition coefficient (Wildman–Crippen LogP) is 4.33. The monoisotopic (exact) mass is 395 g/mol. The average molecular weight is 396 g/mol. The summed E-state index contributed by atoms with van der Waals surface area (Å²) in [5.41, 5.74) is 4.92. The summed E-state index contributed by atoms with van der Waals surface area (Å²) in [6.45, 7) is 3.29. The quantitative estimate of drug-likeness (QED) is 0.587. The molecule has 0 spiro atoms. The van der Waals surface area contributed by atoms with Gasteiger partial charge in [0.2, 0.25) is 10.0 Å². The molecule has 3 aromatic carbocycles. The molecule has 0 unspecified atom stereocenters. The summed E-state index contributed by atoms with van der Waals surface area (Å²) in [6.07, 6.45) is 0. The Kier molecular flexibility index (Phi) is 6.98. The van der Waals surface area contributed by atoms with E-state index in [1.165, 1.54) is 0 Å². The normalized spacial score (nSPS) is 11.5. The Morgan fingerprint density at radius 3 is 2.00 bits per heavy atom. The largest absolute Gasteiger partial charge is 0.372 e. The molecule has 0 atom stereocenters. The Morgan fingerprint density at radius 2 is 1.32 bits per heavy atom. The molecule has 0 heterocycles. The first-order valence-corrected chi connectivity index (χ1v) is 10.9. The molecule has 0 amide bonds. The van der Waals surface area contributed by atoms with E-state index in [0.717, 1.165) is 27.8 Å². The molecule has 146 valence electrons. The van der Waals surface area contributed by atoms with E-state index in [1.807, 2.05) is 85.8 Å². The van der Waals surface area contributed by atoms with Gasteiger partial charge in [-0.15, -0.1) is 0 Å². The van der Waals surface area contributed by atoms with Crippen molar-refractivity contribution < 1.29 is 13.2 Å². The molecular formula is C23H25NO3S. The molecule has 0 aliphatic carbocycles. The minimum absolute atomic E-state index is 0.00885. The van der Waals surface area contributed by atoms with Crippen molar-refractivity contribution >= 4 is 10.0 Å². The predicted molar refractivity (Wildman–Crippen MR) is 112 cm³/mol. The van der Waals surface area contributed by atoms with Gasteiger partial charge in [0, 0.05) is 6.54 Å². The molecule has 3 aromatic rings. The van der Waals surface area contributed by atoms with Gasteiger partial charge >= 0.3 is 0 Å². The fourth-order valence-corrected chi connectivity index (χ4v) is 4.06. The van der Waals surface area contributed by atoms with Gasteiger partial charge in [-0.3, -0.25) is 0 Å². The van der Waals surface area contributed by atoms with E-state index >= 15 is 0 Å². The fourth-order valence-electron chi connectivity index (χ4n) is 2.84. The van der Waals surface area contributed by atoms with E-state index in [2.05, 4.69) is 4.72 Å². The lowest BCUT2D eigenvalue weighted by Gasteiger charge is -2.10. The molecule has 0 saturated heterocycles. The van der Waals surface area contributed by atoms with Crippen LogP contribution in [0.1, 0.15) is 27.8 Å². The maximum absolute atomic E-state index is 12.3. The zero-order chi connectivity index (χ0) is 19.8. The summed E-state index contributed by atoms with van der Waals surface area (Å²) in [5.74, 6) is -0.00885. The maximum Gasteiger partial charge on any atom is 0.216 e. The van der Waals surface area contributed by atoms with E-state index in [-0.39, 0.29) is 12.3 Å². The molecule has 0 radical (unpaired) electrons. The third-order valence-corrected chi connectivity index (χ3v) is 5.78. The third-order valence-electron chi connectivity index (χ3n) is 4.51. The van der Waals surface area contributed by atoms with Crippen LogP contribution in [0.2, 0.25) is 0 Å². The lowest BCUT2D eigenvalue weighted by atomic mass is 10.1. The molecule has 0 aromatic heterocycles. The summed E-state index contributed by atoms with van der Waals surface area (Å²) >= 11 is 0. The van der Waals surface area contributed by atoms with Gasteiger partial charge in [-0.05, 0) is 34.7 Å². The second kappa shape index (κ2) is 9.64. The van der Waals surface area contributed by atoms with Crippen LogP contribution in [-0.4, -0.2) is 8.42 Å². The summed E-state index contributed by atoms with van der Waals surface area (Å²) in [6, 6.07) is 25.4. The molecule has 0 aliphatic rings. The van der Waals surface area contributed by atoms with Crippen LogP contribution in [0.5, 0.6) is 0 Å². The van der Waals surface area contributed by atoms with Gasteiger partial charge in [0.05, 0.1) is 19.0 Å². The average Bonchev–Trinajstić information content (AvgIpc) is 2.70. The van der Waals surface area contributed by atoms with Crippen LogP contribution in [0.3, 0.4) is 0 Å². The van der Waals surface area contributed by atoms with Crippen molar-refractivity contribution in [1.29, 1.82) is 0 Å². The standard InChI is InChI=1S/C23H25NO3S/c1-19-7-5-6-10-23(19)18-28(25,26)24-15-20-11-13-22(14-12-20)17-27-16-21-8-3-2-4-9-21/h2-14,24H,15-18H2,1H3. The second-order valence-corrected chi connectivity index (χ2v) is 8.61. The molecular weight excluding hydrogens is 370 g/mol. The van der Waals surface area contributed by atoms with Crippen LogP contribution in [-0.2, 0) is 40.3 Å². The Balaban J connectivity index is 1.48. The van der Waals surface area contributed by atoms with Crippen molar-refractivity contribution in [2.75, 3.05) is 0 Å². The van der Waals surface area contributed by atoms with Crippen molar-refractivity contribution in [2.24, 2.45) is 0 Å². The molecule has 1 N–H and O–H groups in total. The van der Waals surface area contributed by atoms with Crippen molar-refractivity contribution in [1.82, 2.24) is 4.72 Å². The molecule has 0 saturated carbocycles. The van der Waals surface area contributed by atoms with Crippen LogP contribution in [0, 0.1) is 6.92 Å². The first-order valence-electron chi connectivity index (χ1n) is 9.23. The number of nitrogens with one attached hydrogen (secondary N) is 1. The van der Waals surface area contributed by atoms with E-state index in [1.54, 1.807) is 0 Å². The van der Waals surface area contributed by atoms with Crippen LogP contribution in [0.15, 0.2) is 78.9 Å². The highest BCUT2D eigenvalue weighted by molar-refractivity contribution is 7.88. The lowest BCUT2D eigenvalue weighted by Crippen LogP contribution is -2.25. The first-order chi connectivity index (χ1) is 13.5. The van der Waals surface area contributed by atoms with Crippen LogP contribution in [0.25, 0.3) is 0 Å². The van der Waals surface area contributed by atoms with E-state index in [4.69, 9.17) is 4.74 Å². The number of hydrogen-bond acceptors (Lipinski definition) is 3. The van der Waals surface area contributed by atoms with Gasteiger partial charge in [-0.2, -0.15) is 0 Å². The van der Waals surface area contributed by atoms with Crippen molar-refractivity contribution in [2.45, 2.75) is 32.4 Å². The van der Waals surface area contributed by atoms with Gasteiger partial charge in [0.1, 0.15) is 0 Å². The van der Waals surface area contributed by atoms with Gasteiger partial charge in [-0.25, -0.2) is 13.1 Å². The van der Waals surface area contributed by atoms with Crippen LogP contribution >= 0.6 is 0 Å². The Morgan fingerprint density at radius 1 is 0.750 bits per heavy atom. The van der Waals surface area contributed by atoms with Gasteiger partial charge in [-0.1, -0.05) is 78.9 Å². The molecule has 0 bridgehead atoms. The highest BCUT2D eigenvalue weighted by atomic mass is 32.2. The number of benzene rings is 3. The number of rotatable bonds is 9. The highest BCUT2D eigenvalue weighted by Gasteiger charge is 2.12. The first kappa shape index (κ1) is 20.3. The number of aryl methyl sites for hydroxylation is 1. The van der Waals surface area contributed by atoms with E-state index < -0.39 is 10.0 Å². The SMILES string of the molecule is Cc1ccccc1CS(=O)(=O)NCc1ccc(COCc2ccccc2)cc1. The summed E-state index contributed by atoms with van der Waals surface area (Å²) in [5, 5.41) is 0. The summed E-state index contributed by atoms with van der Waals surface area (Å²) < 4.78 is 33.1. The molecule has 0 fully saturated rings. The summed E-state index contributed by atoms with van der Waals surface area (Å²) in [4.78, 5) is 0. The molecule has 5 heteroatoms. The molecule has 28 heavy (non-hydrogen) atoms. The van der Waals surface area contributed by atoms with Crippen molar-refractivity contribution in [3.63, 3.8) is 0 Å². The molecule has 4 nitrogen and oxygen atoms in total. The van der Waals surface area contributed by atoms with Gasteiger partial charge in [0.25, 0.3) is 0 Å². The van der Waals surface area contributed by atoms with Crippen molar-refractivity contribution in [3.8, 4) is 0 Å². The molecule has 3 rings (SSSR count). The zero-order valence-electron chi connectivity index (χ0n) is 16.0. The highest BCUT2D eigenvalue weighted by Crippen LogP contribution is 2.12. The number of sulfonamides is 1. The Hall–Kier alpha value is -2.47. The van der Waals surface area contributed by atoms with E-state index in [9.17, 15) is 8.42 Å². The second-order valence-electron chi connectivity index (χ2n) is 6.80. The number of ether oxygens (including phenoxy) is 1. The fraction of sp³-hybridized carbons (Fsp3) is 0.217. The Labute approximate surface area is 167 Å². The topological polar surface area (TPSA) is 55.4 Å². The minimum Gasteiger partial charge on any atom is -0.372 e. The lowest BCUT2D eigenvalue weighted by molar-refractivity contribution is 0.107. The smallest absolute Gasteiger partial charge is 0.216 e. The van der Waals surface area contributed by atoms with Crippen molar-refractivity contribution in [3.05, 3.63) is 107 Å². The zero-order valence-corrected chi connectivity index (χ0v) is 16.8. The molecule has 0 aliphatic heterocycles. The van der Waals surface area contributed by atoms with E-state index in [0.29, 0.717) is 13.2 Å². The summed E-state index contributed by atoms with van der Waals surface area (Å²) in [7, 11) is -3.38. The third kappa shape index (κ3) is 6.30. The van der Waals surface area contributed by atoms with Gasteiger partial charge < -0.3 is 4.74 Å². The van der Waals surface area contributed by atoms with Gasteiger partial charge in [0.15, 0.2) is 0 Å². The maximum atomic E-state index is 12.3.